The van der Waals surface area contributed by atoms with E-state index in [9.17, 15) is 9.59 Å². The van der Waals surface area contributed by atoms with E-state index in [1.54, 1.807) is 6.20 Å². The molecule has 2 atom stereocenters. The Bertz CT molecular complexity index is 1020. The van der Waals surface area contributed by atoms with E-state index in [1.807, 2.05) is 10.6 Å². The van der Waals surface area contributed by atoms with Crippen LogP contribution in [0.25, 0.3) is 0 Å². The van der Waals surface area contributed by atoms with Crippen LogP contribution in [0.2, 0.25) is 0 Å². The quantitative estimate of drug-likeness (QED) is 0.667. The first-order chi connectivity index (χ1) is 15.1. The van der Waals surface area contributed by atoms with Crippen LogP contribution in [0.15, 0.2) is 29.3 Å². The summed E-state index contributed by atoms with van der Waals surface area (Å²) in [6.45, 7) is 6.23. The minimum atomic E-state index is -0.490. The SMILES string of the molecule is COC(=O)c1cnc(N2C[C@@H]3C[C@H](C2)c2ccc(CN4CCOCC4)c(=O)n2C3)cn1. The monoisotopic (exact) mass is 425 g/mol. The van der Waals surface area contributed by atoms with E-state index in [1.165, 1.54) is 13.3 Å². The molecule has 5 rings (SSSR count). The van der Waals surface area contributed by atoms with E-state index in [4.69, 9.17) is 9.47 Å². The summed E-state index contributed by atoms with van der Waals surface area (Å²) in [6.07, 6.45) is 4.17. The van der Waals surface area contributed by atoms with Crippen LogP contribution >= 0.6 is 0 Å². The molecule has 0 N–H and O–H groups in total. The number of hydrogen-bond acceptors (Lipinski definition) is 8. The molecule has 0 aliphatic carbocycles. The Labute approximate surface area is 180 Å². The molecule has 9 nitrogen and oxygen atoms in total. The number of carbonyl (C=O) groups excluding carboxylic acids is 1. The van der Waals surface area contributed by atoms with Gasteiger partial charge in [0.15, 0.2) is 5.69 Å². The average molecular weight is 425 g/mol. The van der Waals surface area contributed by atoms with Crippen LogP contribution in [-0.2, 0) is 22.6 Å². The van der Waals surface area contributed by atoms with Crippen molar-refractivity contribution in [3.63, 3.8) is 0 Å². The molecule has 2 aromatic heterocycles. The summed E-state index contributed by atoms with van der Waals surface area (Å²) in [5, 5.41) is 0. The molecular formula is C22H27N5O4. The number of fused-ring (bicyclic) bond motifs is 4. The maximum absolute atomic E-state index is 13.2. The molecule has 3 aliphatic heterocycles. The first-order valence-electron chi connectivity index (χ1n) is 10.8. The molecule has 31 heavy (non-hydrogen) atoms. The van der Waals surface area contributed by atoms with Gasteiger partial charge in [-0.05, 0) is 18.4 Å². The number of aromatic nitrogens is 3. The summed E-state index contributed by atoms with van der Waals surface area (Å²) in [5.41, 5.74) is 2.32. The Hall–Kier alpha value is -2.78. The van der Waals surface area contributed by atoms with Crippen LogP contribution in [0.3, 0.4) is 0 Å². The number of anilines is 1. The molecule has 0 saturated carbocycles. The number of esters is 1. The second kappa shape index (κ2) is 8.39. The summed E-state index contributed by atoms with van der Waals surface area (Å²) in [5.74, 6) is 0.919. The number of nitrogens with zero attached hydrogens (tertiary/aromatic N) is 5. The highest BCUT2D eigenvalue weighted by Gasteiger charge is 2.35. The second-order valence-electron chi connectivity index (χ2n) is 8.54. The summed E-state index contributed by atoms with van der Waals surface area (Å²) >= 11 is 0. The molecule has 0 radical (unpaired) electrons. The Kier molecular flexibility index (Phi) is 5.45. The van der Waals surface area contributed by atoms with Crippen LogP contribution in [0.4, 0.5) is 5.82 Å². The van der Waals surface area contributed by atoms with Crippen LogP contribution in [-0.4, -0.2) is 71.9 Å². The predicted molar refractivity (Wildman–Crippen MR) is 113 cm³/mol. The zero-order valence-corrected chi connectivity index (χ0v) is 17.7. The number of methoxy groups -OCH3 is 1. The molecule has 5 heterocycles. The van der Waals surface area contributed by atoms with E-state index >= 15 is 0 Å². The fraction of sp³-hybridized carbons (Fsp3) is 0.545. The van der Waals surface area contributed by atoms with Gasteiger partial charge in [0, 0.05) is 56.4 Å². The summed E-state index contributed by atoms with van der Waals surface area (Å²) in [4.78, 5) is 38.0. The number of morpholine rings is 1. The third kappa shape index (κ3) is 3.95. The van der Waals surface area contributed by atoms with Gasteiger partial charge in [-0.25, -0.2) is 14.8 Å². The molecule has 9 heteroatoms. The second-order valence-corrected chi connectivity index (χ2v) is 8.54. The molecule has 2 bridgehead atoms. The smallest absolute Gasteiger partial charge is 0.358 e. The fourth-order valence-electron chi connectivity index (χ4n) is 4.99. The normalized spacial score (nSPS) is 23.3. The van der Waals surface area contributed by atoms with Crippen molar-refractivity contribution in [2.24, 2.45) is 5.92 Å². The van der Waals surface area contributed by atoms with Crippen molar-refractivity contribution < 1.29 is 14.3 Å². The van der Waals surface area contributed by atoms with Crippen LogP contribution < -0.4 is 10.5 Å². The molecule has 0 unspecified atom stereocenters. The van der Waals surface area contributed by atoms with Gasteiger partial charge >= 0.3 is 5.97 Å². The Morgan fingerprint density at radius 2 is 2.00 bits per heavy atom. The Balaban J connectivity index is 1.35. The largest absolute Gasteiger partial charge is 0.464 e. The first-order valence-corrected chi connectivity index (χ1v) is 10.8. The van der Waals surface area contributed by atoms with Crippen molar-refractivity contribution in [2.45, 2.75) is 25.4 Å². The zero-order valence-electron chi connectivity index (χ0n) is 17.7. The maximum Gasteiger partial charge on any atom is 0.358 e. The van der Waals surface area contributed by atoms with Gasteiger partial charge in [-0.3, -0.25) is 9.69 Å². The van der Waals surface area contributed by atoms with Gasteiger partial charge in [0.2, 0.25) is 0 Å². The van der Waals surface area contributed by atoms with Gasteiger partial charge < -0.3 is 18.9 Å². The highest BCUT2D eigenvalue weighted by Crippen LogP contribution is 2.36. The van der Waals surface area contributed by atoms with Gasteiger partial charge in [-0.2, -0.15) is 0 Å². The lowest BCUT2D eigenvalue weighted by Crippen LogP contribution is -2.48. The molecule has 0 spiro atoms. The predicted octanol–water partition coefficient (Wildman–Crippen LogP) is 0.881. The van der Waals surface area contributed by atoms with Crippen LogP contribution in [0.5, 0.6) is 0 Å². The number of ether oxygens (including phenoxy) is 2. The van der Waals surface area contributed by atoms with Gasteiger partial charge in [-0.15, -0.1) is 0 Å². The van der Waals surface area contributed by atoms with Gasteiger partial charge in [0.1, 0.15) is 5.82 Å². The number of hydrogen-bond donors (Lipinski definition) is 0. The number of pyridine rings is 1. The van der Waals surface area contributed by atoms with Crippen molar-refractivity contribution in [1.29, 1.82) is 0 Å². The molecular weight excluding hydrogens is 398 g/mol. The summed E-state index contributed by atoms with van der Waals surface area (Å²) in [6, 6.07) is 4.14. The standard InChI is InChI=1S/C22H27N5O4/c1-30-22(29)18-9-24-20(10-23-18)26-11-15-8-17(14-26)19-3-2-16(21(28)27(19)12-15)13-25-4-6-31-7-5-25/h2-3,9-10,15,17H,4-8,11-14H2,1H3/t15-,17+/m0/s1. The molecule has 2 aromatic rings. The lowest BCUT2D eigenvalue weighted by molar-refractivity contribution is 0.0339. The number of piperidine rings is 1. The molecule has 2 fully saturated rings. The minimum absolute atomic E-state index is 0.148. The maximum atomic E-state index is 13.2. The van der Waals surface area contributed by atoms with Gasteiger partial charge in [-0.1, -0.05) is 6.07 Å². The summed E-state index contributed by atoms with van der Waals surface area (Å²) < 4.78 is 12.1. The van der Waals surface area contributed by atoms with E-state index in [0.717, 1.165) is 69.4 Å². The summed E-state index contributed by atoms with van der Waals surface area (Å²) in [7, 11) is 1.33. The Morgan fingerprint density at radius 1 is 1.16 bits per heavy atom. The minimum Gasteiger partial charge on any atom is -0.464 e. The lowest BCUT2D eigenvalue weighted by atomic mass is 9.83. The van der Waals surface area contributed by atoms with E-state index in [-0.39, 0.29) is 17.2 Å². The number of rotatable bonds is 4. The van der Waals surface area contributed by atoms with E-state index < -0.39 is 5.97 Å². The van der Waals surface area contributed by atoms with Gasteiger partial charge in [0.25, 0.3) is 5.56 Å². The molecule has 2 saturated heterocycles. The molecule has 3 aliphatic rings. The van der Waals surface area contributed by atoms with Crippen molar-refractivity contribution in [3.8, 4) is 0 Å². The Morgan fingerprint density at radius 3 is 2.74 bits per heavy atom. The lowest BCUT2D eigenvalue weighted by Gasteiger charge is -2.43. The first kappa shape index (κ1) is 20.1. The van der Waals surface area contributed by atoms with Crippen LogP contribution in [0.1, 0.15) is 34.1 Å². The fourth-order valence-corrected chi connectivity index (χ4v) is 4.99. The highest BCUT2D eigenvalue weighted by atomic mass is 16.5. The molecule has 0 amide bonds. The number of carbonyl (C=O) groups is 1. The molecule has 164 valence electrons. The average Bonchev–Trinajstić information content (AvgIpc) is 2.81. The van der Waals surface area contributed by atoms with Crippen molar-refractivity contribution in [1.82, 2.24) is 19.4 Å². The van der Waals surface area contributed by atoms with Crippen LogP contribution in [0, 0.1) is 5.92 Å². The zero-order chi connectivity index (χ0) is 21.4. The molecule has 0 aromatic carbocycles. The highest BCUT2D eigenvalue weighted by molar-refractivity contribution is 5.86. The van der Waals surface area contributed by atoms with E-state index in [2.05, 4.69) is 25.8 Å². The van der Waals surface area contributed by atoms with E-state index in [0.29, 0.717) is 12.5 Å². The topological polar surface area (TPSA) is 89.8 Å². The third-order valence-corrected chi connectivity index (χ3v) is 6.54. The van der Waals surface area contributed by atoms with Crippen molar-refractivity contribution in [2.75, 3.05) is 51.4 Å². The van der Waals surface area contributed by atoms with Gasteiger partial charge in [0.05, 0.1) is 32.7 Å². The van der Waals surface area contributed by atoms with Crippen molar-refractivity contribution >= 4 is 11.8 Å². The third-order valence-electron chi connectivity index (χ3n) is 6.54. The van der Waals surface area contributed by atoms with Crippen molar-refractivity contribution in [3.05, 3.63) is 51.8 Å².